The summed E-state index contributed by atoms with van der Waals surface area (Å²) in [5.41, 5.74) is 3.84. The van der Waals surface area contributed by atoms with Gasteiger partial charge in [-0.1, -0.05) is 0 Å². The zero-order valence-electron chi connectivity index (χ0n) is 14.5. The van der Waals surface area contributed by atoms with Crippen molar-refractivity contribution in [2.24, 2.45) is 0 Å². The summed E-state index contributed by atoms with van der Waals surface area (Å²) in [6.07, 6.45) is 0. The molecule has 8 nitrogen and oxygen atoms in total. The van der Waals surface area contributed by atoms with Gasteiger partial charge < -0.3 is 20.8 Å². The molecule has 0 fully saturated rings. The lowest BCUT2D eigenvalue weighted by molar-refractivity contribution is 0.381. The van der Waals surface area contributed by atoms with Crippen molar-refractivity contribution < 1.29 is 27.7 Å². The lowest BCUT2D eigenvalue weighted by Gasteiger charge is -2.01. The van der Waals surface area contributed by atoms with Crippen LogP contribution in [0.5, 0.6) is 11.5 Å². The molecular formula is C16H24N2O6S. The van der Waals surface area contributed by atoms with Crippen molar-refractivity contribution in [2.75, 3.05) is 24.7 Å². The molecule has 0 saturated heterocycles. The molecule has 2 aromatic carbocycles. The quantitative estimate of drug-likeness (QED) is 0.349. The number of benzene rings is 2. The van der Waals surface area contributed by atoms with Crippen LogP contribution in [0, 0.1) is 13.8 Å². The van der Waals surface area contributed by atoms with Crippen LogP contribution < -0.4 is 10.6 Å². The molecule has 0 bridgehead atoms. The summed E-state index contributed by atoms with van der Waals surface area (Å²) in [5.74, 6) is 0.693. The minimum atomic E-state index is -4.67. The van der Waals surface area contributed by atoms with Crippen molar-refractivity contribution in [2.45, 2.75) is 13.8 Å². The predicted molar refractivity (Wildman–Crippen MR) is 99.0 cm³/mol. The van der Waals surface area contributed by atoms with Gasteiger partial charge in [0.15, 0.2) is 0 Å². The van der Waals surface area contributed by atoms with Crippen LogP contribution in [0.3, 0.4) is 0 Å². The molecule has 0 aliphatic carbocycles. The number of hydrogen-bond donors (Lipinski definition) is 6. The van der Waals surface area contributed by atoms with E-state index in [9.17, 15) is 0 Å². The minimum absolute atomic E-state index is 0.346. The summed E-state index contributed by atoms with van der Waals surface area (Å²) in [5, 5.41) is 24.2. The van der Waals surface area contributed by atoms with E-state index in [0.29, 0.717) is 11.5 Å². The molecule has 0 atom stereocenters. The van der Waals surface area contributed by atoms with Crippen LogP contribution in [0.4, 0.5) is 11.4 Å². The smallest absolute Gasteiger partial charge is 0.394 e. The molecule has 0 aliphatic rings. The van der Waals surface area contributed by atoms with Crippen LogP contribution in [0.1, 0.15) is 11.1 Å². The summed E-state index contributed by atoms with van der Waals surface area (Å²) in [4.78, 5) is 0. The fraction of sp³-hybridized carbons (Fsp3) is 0.250. The van der Waals surface area contributed by atoms with Gasteiger partial charge in [-0.15, -0.1) is 0 Å². The molecule has 140 valence electrons. The minimum Gasteiger partial charge on any atom is -0.508 e. The summed E-state index contributed by atoms with van der Waals surface area (Å²) < 4.78 is 31.6. The SMILES string of the molecule is CNc1ccc(O)c(C)c1.CNc1ccc(O)c(C)c1.O=S(=O)(O)O. The Morgan fingerprint density at radius 3 is 1.24 bits per heavy atom. The van der Waals surface area contributed by atoms with E-state index in [1.54, 1.807) is 12.1 Å². The molecule has 2 rings (SSSR count). The van der Waals surface area contributed by atoms with E-state index >= 15 is 0 Å². The first-order chi connectivity index (χ1) is 11.5. The Morgan fingerprint density at radius 2 is 1.04 bits per heavy atom. The Kier molecular flexibility index (Phi) is 9.36. The van der Waals surface area contributed by atoms with E-state index in [0.717, 1.165) is 22.5 Å². The summed E-state index contributed by atoms with van der Waals surface area (Å²) >= 11 is 0. The third-order valence-electron chi connectivity index (χ3n) is 2.97. The average Bonchev–Trinajstić information content (AvgIpc) is 2.52. The normalized spacial score (nSPS) is 9.84. The second-order valence-electron chi connectivity index (χ2n) is 4.95. The molecule has 25 heavy (non-hydrogen) atoms. The highest BCUT2D eigenvalue weighted by molar-refractivity contribution is 7.79. The van der Waals surface area contributed by atoms with Crippen LogP contribution in [0.15, 0.2) is 36.4 Å². The van der Waals surface area contributed by atoms with Crippen LogP contribution in [0.2, 0.25) is 0 Å². The zero-order chi connectivity index (χ0) is 19.6. The molecule has 9 heteroatoms. The second kappa shape index (κ2) is 10.4. The van der Waals surface area contributed by atoms with Crippen LogP contribution in [-0.4, -0.2) is 41.8 Å². The highest BCUT2D eigenvalue weighted by Gasteiger charge is 1.95. The van der Waals surface area contributed by atoms with Crippen molar-refractivity contribution in [3.63, 3.8) is 0 Å². The number of aromatic hydroxyl groups is 2. The largest absolute Gasteiger partial charge is 0.508 e. The maximum atomic E-state index is 9.11. The number of rotatable bonds is 2. The van der Waals surface area contributed by atoms with Crippen molar-refractivity contribution in [1.29, 1.82) is 0 Å². The standard InChI is InChI=1S/2C8H11NO.H2O4S/c2*1-6-5-7(9-2)3-4-8(6)10;1-5(2,3)4/h2*3-5,9-10H,1-2H3;(H2,1,2,3,4). The van der Waals surface area contributed by atoms with Gasteiger partial charge in [0, 0.05) is 25.5 Å². The van der Waals surface area contributed by atoms with E-state index < -0.39 is 10.4 Å². The Morgan fingerprint density at radius 1 is 0.760 bits per heavy atom. The molecule has 0 heterocycles. The number of phenols is 2. The van der Waals surface area contributed by atoms with E-state index in [1.165, 1.54) is 0 Å². The number of phenolic OH excluding ortho intramolecular Hbond substituents is 2. The molecule has 0 radical (unpaired) electrons. The van der Waals surface area contributed by atoms with Gasteiger partial charge >= 0.3 is 10.4 Å². The first kappa shape index (κ1) is 22.5. The van der Waals surface area contributed by atoms with E-state index in [-0.39, 0.29) is 0 Å². The Balaban J connectivity index is 0.000000368. The first-order valence-electron chi connectivity index (χ1n) is 7.12. The molecule has 0 saturated carbocycles. The van der Waals surface area contributed by atoms with Crippen molar-refractivity contribution in [1.82, 2.24) is 0 Å². The van der Waals surface area contributed by atoms with Crippen LogP contribution in [0.25, 0.3) is 0 Å². The fourth-order valence-corrected chi connectivity index (χ4v) is 1.62. The average molecular weight is 372 g/mol. The molecule has 0 spiro atoms. The van der Waals surface area contributed by atoms with Gasteiger partial charge in [-0.2, -0.15) is 8.42 Å². The van der Waals surface area contributed by atoms with Crippen molar-refractivity contribution in [3.8, 4) is 11.5 Å². The van der Waals surface area contributed by atoms with Gasteiger partial charge in [-0.3, -0.25) is 9.11 Å². The molecule has 0 aliphatic heterocycles. The number of hydrogen-bond acceptors (Lipinski definition) is 6. The summed E-state index contributed by atoms with van der Waals surface area (Å²) in [6, 6.07) is 10.8. The summed E-state index contributed by atoms with van der Waals surface area (Å²) in [6.45, 7) is 3.74. The maximum absolute atomic E-state index is 9.11. The zero-order valence-corrected chi connectivity index (χ0v) is 15.3. The van der Waals surface area contributed by atoms with Crippen molar-refractivity contribution >= 4 is 21.8 Å². The third-order valence-corrected chi connectivity index (χ3v) is 2.97. The number of aryl methyl sites for hydroxylation is 2. The lowest BCUT2D eigenvalue weighted by Crippen LogP contribution is -1.89. The van der Waals surface area contributed by atoms with Gasteiger partial charge in [0.1, 0.15) is 11.5 Å². The molecule has 0 aromatic heterocycles. The van der Waals surface area contributed by atoms with Crippen molar-refractivity contribution in [3.05, 3.63) is 47.5 Å². The molecule has 0 amide bonds. The Bertz CT molecular complexity index is 719. The highest BCUT2D eigenvalue weighted by atomic mass is 32.3. The predicted octanol–water partition coefficient (Wildman–Crippen LogP) is 2.83. The molecule has 0 unspecified atom stereocenters. The van der Waals surface area contributed by atoms with Gasteiger partial charge in [-0.25, -0.2) is 0 Å². The van der Waals surface area contributed by atoms with Crippen LogP contribution >= 0.6 is 0 Å². The monoisotopic (exact) mass is 372 g/mol. The molecular weight excluding hydrogens is 348 g/mol. The lowest BCUT2D eigenvalue weighted by atomic mass is 10.2. The van der Waals surface area contributed by atoms with E-state index in [1.807, 2.05) is 52.2 Å². The summed E-state index contributed by atoms with van der Waals surface area (Å²) in [7, 11) is -0.961. The molecule has 2 aromatic rings. The fourth-order valence-electron chi connectivity index (χ4n) is 1.62. The van der Waals surface area contributed by atoms with Gasteiger partial charge in [0.05, 0.1) is 0 Å². The first-order valence-corrected chi connectivity index (χ1v) is 8.52. The number of nitrogens with one attached hydrogen (secondary N) is 2. The van der Waals surface area contributed by atoms with E-state index in [4.69, 9.17) is 27.7 Å². The molecule has 6 N–H and O–H groups in total. The van der Waals surface area contributed by atoms with Crippen LogP contribution in [-0.2, 0) is 10.4 Å². The van der Waals surface area contributed by atoms with Gasteiger partial charge in [-0.05, 0) is 61.4 Å². The highest BCUT2D eigenvalue weighted by Crippen LogP contribution is 2.20. The number of anilines is 2. The maximum Gasteiger partial charge on any atom is 0.394 e. The Labute approximate surface area is 147 Å². The second-order valence-corrected chi connectivity index (χ2v) is 5.85. The topological polar surface area (TPSA) is 139 Å². The third kappa shape index (κ3) is 10.8. The van der Waals surface area contributed by atoms with Gasteiger partial charge in [0.2, 0.25) is 0 Å². The van der Waals surface area contributed by atoms with Gasteiger partial charge in [0.25, 0.3) is 0 Å². The Hall–Kier alpha value is -2.49. The van der Waals surface area contributed by atoms with E-state index in [2.05, 4.69) is 10.6 Å².